The maximum Gasteiger partial charge on any atom is -0.00855 e. The predicted octanol–water partition coefficient (Wildman–Crippen LogP) is 4.37. The molecule has 0 atom stereocenters. The summed E-state index contributed by atoms with van der Waals surface area (Å²) in [7, 11) is 0. The van der Waals surface area contributed by atoms with Gasteiger partial charge in [-0.25, -0.2) is 0 Å². The van der Waals surface area contributed by atoms with Crippen LogP contribution in [0.15, 0.2) is 41.5 Å². The zero-order valence-electron chi connectivity index (χ0n) is 9.80. The van der Waals surface area contributed by atoms with Crippen LogP contribution in [0.5, 0.6) is 0 Å². The molecule has 0 aliphatic heterocycles. The number of hydrogen-bond acceptors (Lipinski definition) is 0. The molecule has 0 saturated carbocycles. The minimum Gasteiger partial charge on any atom is -0.0766 e. The molecule has 0 spiro atoms. The monoisotopic (exact) mass is 198 g/mol. The molecule has 2 rings (SSSR count). The molecular weight excluding hydrogens is 180 g/mol. The third-order valence-electron chi connectivity index (χ3n) is 3.41. The van der Waals surface area contributed by atoms with Crippen molar-refractivity contribution in [2.45, 2.75) is 33.6 Å². The average molecular weight is 198 g/mol. The SMILES string of the molecule is CCC1=CCc2ccccc2C(C)=C1C. The summed E-state index contributed by atoms with van der Waals surface area (Å²) < 4.78 is 0. The highest BCUT2D eigenvalue weighted by atomic mass is 14.2. The van der Waals surface area contributed by atoms with E-state index in [2.05, 4.69) is 51.1 Å². The highest BCUT2D eigenvalue weighted by Gasteiger charge is 2.11. The first-order chi connectivity index (χ1) is 7.24. The van der Waals surface area contributed by atoms with Gasteiger partial charge in [0.2, 0.25) is 0 Å². The van der Waals surface area contributed by atoms with Gasteiger partial charge in [0.05, 0.1) is 0 Å². The standard InChI is InChI=1S/C15H18/c1-4-13-9-10-14-7-5-6-8-15(14)12(3)11(13)2/h5-9H,4,10H2,1-3H3. The van der Waals surface area contributed by atoms with E-state index in [4.69, 9.17) is 0 Å². The van der Waals surface area contributed by atoms with Crippen LogP contribution in [0.3, 0.4) is 0 Å². The number of allylic oxidation sites excluding steroid dienone is 4. The quantitative estimate of drug-likeness (QED) is 0.628. The Morgan fingerprint density at radius 1 is 1.07 bits per heavy atom. The first-order valence-electron chi connectivity index (χ1n) is 5.69. The molecular formula is C15H18. The summed E-state index contributed by atoms with van der Waals surface area (Å²) >= 11 is 0. The van der Waals surface area contributed by atoms with Crippen molar-refractivity contribution in [3.63, 3.8) is 0 Å². The van der Waals surface area contributed by atoms with Gasteiger partial charge in [0, 0.05) is 0 Å². The number of benzene rings is 1. The second-order valence-electron chi connectivity index (χ2n) is 4.19. The lowest BCUT2D eigenvalue weighted by Crippen LogP contribution is -1.89. The molecule has 0 aromatic heterocycles. The van der Waals surface area contributed by atoms with E-state index in [1.165, 1.54) is 27.8 Å². The number of rotatable bonds is 1. The van der Waals surface area contributed by atoms with Crippen LogP contribution in [0.2, 0.25) is 0 Å². The van der Waals surface area contributed by atoms with Crippen molar-refractivity contribution in [2.24, 2.45) is 0 Å². The fourth-order valence-corrected chi connectivity index (χ4v) is 2.30. The van der Waals surface area contributed by atoms with E-state index in [1.54, 1.807) is 0 Å². The molecule has 1 aromatic rings. The molecule has 0 heteroatoms. The van der Waals surface area contributed by atoms with Crippen molar-refractivity contribution >= 4 is 5.57 Å². The highest BCUT2D eigenvalue weighted by molar-refractivity contribution is 5.74. The van der Waals surface area contributed by atoms with Crippen LogP contribution in [0, 0.1) is 0 Å². The average Bonchev–Trinajstić information content (AvgIpc) is 2.39. The molecule has 0 bridgehead atoms. The van der Waals surface area contributed by atoms with E-state index in [0.717, 1.165) is 12.8 Å². The van der Waals surface area contributed by atoms with Crippen LogP contribution in [0.25, 0.3) is 5.57 Å². The van der Waals surface area contributed by atoms with Gasteiger partial charge >= 0.3 is 0 Å². The third kappa shape index (κ3) is 1.77. The lowest BCUT2D eigenvalue weighted by molar-refractivity contribution is 1.08. The fraction of sp³-hybridized carbons (Fsp3) is 0.333. The van der Waals surface area contributed by atoms with Crippen molar-refractivity contribution in [1.82, 2.24) is 0 Å². The predicted molar refractivity (Wildman–Crippen MR) is 66.8 cm³/mol. The van der Waals surface area contributed by atoms with Crippen molar-refractivity contribution in [3.05, 3.63) is 52.6 Å². The number of fused-ring (bicyclic) bond motifs is 1. The molecule has 0 saturated heterocycles. The van der Waals surface area contributed by atoms with E-state index in [-0.39, 0.29) is 0 Å². The first kappa shape index (κ1) is 10.2. The van der Waals surface area contributed by atoms with Gasteiger partial charge in [0.1, 0.15) is 0 Å². The van der Waals surface area contributed by atoms with Crippen molar-refractivity contribution in [1.29, 1.82) is 0 Å². The Kier molecular flexibility index (Phi) is 2.77. The van der Waals surface area contributed by atoms with E-state index in [9.17, 15) is 0 Å². The Bertz CT molecular complexity index is 433. The normalized spacial score (nSPS) is 15.8. The van der Waals surface area contributed by atoms with Crippen molar-refractivity contribution in [2.75, 3.05) is 0 Å². The Labute approximate surface area is 92.3 Å². The molecule has 0 amide bonds. The minimum atomic E-state index is 1.08. The van der Waals surface area contributed by atoms with E-state index >= 15 is 0 Å². The first-order valence-corrected chi connectivity index (χ1v) is 5.69. The van der Waals surface area contributed by atoms with Gasteiger partial charge in [-0.3, -0.25) is 0 Å². The molecule has 0 fully saturated rings. The topological polar surface area (TPSA) is 0 Å². The van der Waals surface area contributed by atoms with Crippen LogP contribution in [-0.2, 0) is 6.42 Å². The van der Waals surface area contributed by atoms with Crippen molar-refractivity contribution in [3.8, 4) is 0 Å². The third-order valence-corrected chi connectivity index (χ3v) is 3.41. The second-order valence-corrected chi connectivity index (χ2v) is 4.19. The maximum absolute atomic E-state index is 2.38. The smallest absolute Gasteiger partial charge is 0.00855 e. The van der Waals surface area contributed by atoms with Gasteiger partial charge in [0.15, 0.2) is 0 Å². The van der Waals surface area contributed by atoms with Crippen LogP contribution < -0.4 is 0 Å². The summed E-state index contributed by atoms with van der Waals surface area (Å²) in [4.78, 5) is 0. The summed E-state index contributed by atoms with van der Waals surface area (Å²) in [6.07, 6.45) is 4.59. The van der Waals surface area contributed by atoms with Crippen LogP contribution in [-0.4, -0.2) is 0 Å². The molecule has 0 N–H and O–H groups in total. The molecule has 0 nitrogen and oxygen atoms in total. The number of hydrogen-bond donors (Lipinski definition) is 0. The van der Waals surface area contributed by atoms with Gasteiger partial charge in [-0.05, 0) is 54.5 Å². The lowest BCUT2D eigenvalue weighted by atomic mass is 9.96. The Hall–Kier alpha value is -1.30. The zero-order valence-corrected chi connectivity index (χ0v) is 9.80. The van der Waals surface area contributed by atoms with Gasteiger partial charge in [-0.15, -0.1) is 0 Å². The van der Waals surface area contributed by atoms with Gasteiger partial charge in [0.25, 0.3) is 0 Å². The molecule has 0 unspecified atom stereocenters. The van der Waals surface area contributed by atoms with Gasteiger partial charge in [-0.1, -0.05) is 37.3 Å². The summed E-state index contributed by atoms with van der Waals surface area (Å²) in [6.45, 7) is 6.72. The highest BCUT2D eigenvalue weighted by Crippen LogP contribution is 2.30. The fourth-order valence-electron chi connectivity index (χ4n) is 2.30. The zero-order chi connectivity index (χ0) is 10.8. The molecule has 1 aliphatic rings. The van der Waals surface area contributed by atoms with Crippen molar-refractivity contribution < 1.29 is 0 Å². The largest absolute Gasteiger partial charge is 0.0766 e. The molecule has 1 aliphatic carbocycles. The molecule has 78 valence electrons. The summed E-state index contributed by atoms with van der Waals surface area (Å²) in [5, 5.41) is 0. The van der Waals surface area contributed by atoms with E-state index in [1.807, 2.05) is 0 Å². The Balaban J connectivity index is 2.59. The molecule has 15 heavy (non-hydrogen) atoms. The Morgan fingerprint density at radius 3 is 2.53 bits per heavy atom. The summed E-state index contributed by atoms with van der Waals surface area (Å²) in [6, 6.07) is 8.74. The second kappa shape index (κ2) is 4.06. The van der Waals surface area contributed by atoms with Crippen LogP contribution in [0.4, 0.5) is 0 Å². The summed E-state index contributed by atoms with van der Waals surface area (Å²) in [5.41, 5.74) is 7.29. The van der Waals surface area contributed by atoms with E-state index in [0.29, 0.717) is 0 Å². The van der Waals surface area contributed by atoms with E-state index < -0.39 is 0 Å². The molecule has 0 radical (unpaired) electrons. The maximum atomic E-state index is 2.38. The Morgan fingerprint density at radius 2 is 1.80 bits per heavy atom. The summed E-state index contributed by atoms with van der Waals surface area (Å²) in [5.74, 6) is 0. The van der Waals surface area contributed by atoms with Gasteiger partial charge in [-0.2, -0.15) is 0 Å². The van der Waals surface area contributed by atoms with Gasteiger partial charge < -0.3 is 0 Å². The molecule has 1 aromatic carbocycles. The van der Waals surface area contributed by atoms with Crippen LogP contribution >= 0.6 is 0 Å². The minimum absolute atomic E-state index is 1.08. The van der Waals surface area contributed by atoms with Crippen LogP contribution in [0.1, 0.15) is 38.3 Å². The molecule has 0 heterocycles. The lowest BCUT2D eigenvalue weighted by Gasteiger charge is -2.09.